The first-order valence-corrected chi connectivity index (χ1v) is 12.4. The van der Waals surface area contributed by atoms with E-state index in [9.17, 15) is 5.11 Å². The zero-order valence-corrected chi connectivity index (χ0v) is 20.0. The second kappa shape index (κ2) is 8.21. The van der Waals surface area contributed by atoms with Gasteiger partial charge in [-0.1, -0.05) is 54.6 Å². The van der Waals surface area contributed by atoms with Crippen LogP contribution >= 0.6 is 0 Å². The molecule has 1 fully saturated rings. The van der Waals surface area contributed by atoms with Crippen LogP contribution in [0.2, 0.25) is 0 Å². The maximum Gasteiger partial charge on any atom is 0.187 e. The Hall–Kier alpha value is -4.62. The highest BCUT2D eigenvalue weighted by atomic mass is 16.3. The van der Waals surface area contributed by atoms with Gasteiger partial charge in [0, 0.05) is 28.2 Å². The highest BCUT2D eigenvalue weighted by molar-refractivity contribution is 5.98. The van der Waals surface area contributed by atoms with Crippen molar-refractivity contribution in [1.29, 1.82) is 0 Å². The van der Waals surface area contributed by atoms with E-state index < -0.39 is 0 Å². The van der Waals surface area contributed by atoms with E-state index in [0.717, 1.165) is 46.1 Å². The summed E-state index contributed by atoms with van der Waals surface area (Å²) in [5, 5.41) is 19.4. The van der Waals surface area contributed by atoms with Gasteiger partial charge in [-0.3, -0.25) is 4.40 Å². The summed E-state index contributed by atoms with van der Waals surface area (Å²) in [6.07, 6.45) is 6.57. The molecule has 1 saturated carbocycles. The monoisotopic (exact) mass is 484 g/mol. The summed E-state index contributed by atoms with van der Waals surface area (Å²) in [5.74, 6) is 0.708. The molecule has 7 rings (SSSR count). The normalized spacial score (nSPS) is 14.6. The summed E-state index contributed by atoms with van der Waals surface area (Å²) in [4.78, 5) is 9.44. The molecule has 0 atom stereocenters. The molecule has 1 aliphatic rings. The van der Waals surface area contributed by atoms with Crippen LogP contribution in [0.15, 0.2) is 91.3 Å². The van der Waals surface area contributed by atoms with Crippen molar-refractivity contribution in [1.82, 2.24) is 24.6 Å². The van der Waals surface area contributed by atoms with Gasteiger partial charge >= 0.3 is 0 Å². The van der Waals surface area contributed by atoms with Gasteiger partial charge in [0.15, 0.2) is 11.5 Å². The van der Waals surface area contributed by atoms with Crippen LogP contribution in [0, 0.1) is 0 Å². The van der Waals surface area contributed by atoms with Gasteiger partial charge in [0.2, 0.25) is 0 Å². The fourth-order valence-corrected chi connectivity index (χ4v) is 5.15. The first-order valence-electron chi connectivity index (χ1n) is 12.4. The van der Waals surface area contributed by atoms with Crippen LogP contribution in [0.1, 0.15) is 24.8 Å². The van der Waals surface area contributed by atoms with Gasteiger partial charge in [0.05, 0.1) is 17.4 Å². The van der Waals surface area contributed by atoms with Gasteiger partial charge in [-0.2, -0.15) is 0 Å². The van der Waals surface area contributed by atoms with Gasteiger partial charge < -0.3 is 10.8 Å². The number of aromatic nitrogens is 5. The van der Waals surface area contributed by atoms with E-state index in [1.165, 1.54) is 18.2 Å². The molecule has 1 aliphatic carbocycles. The number of fused-ring (bicyclic) bond motifs is 3. The molecule has 0 aliphatic heterocycles. The lowest BCUT2D eigenvalue weighted by atomic mass is 9.72. The van der Waals surface area contributed by atoms with E-state index in [0.29, 0.717) is 17.2 Å². The van der Waals surface area contributed by atoms with E-state index >= 15 is 0 Å². The number of rotatable bonds is 4. The average Bonchev–Trinajstić information content (AvgIpc) is 3.37. The molecule has 4 heterocycles. The molecule has 0 unspecified atom stereocenters. The first kappa shape index (κ1) is 21.6. The van der Waals surface area contributed by atoms with E-state index in [1.807, 2.05) is 34.9 Å². The number of hydrogen-bond acceptors (Lipinski definition) is 6. The third kappa shape index (κ3) is 3.55. The van der Waals surface area contributed by atoms with E-state index in [2.05, 4.69) is 57.6 Å². The Morgan fingerprint density at radius 3 is 2.38 bits per heavy atom. The number of aromatic hydroxyl groups is 1. The zero-order chi connectivity index (χ0) is 25.0. The molecule has 7 nitrogen and oxygen atoms in total. The molecular weight excluding hydrogens is 460 g/mol. The van der Waals surface area contributed by atoms with Gasteiger partial charge in [-0.15, -0.1) is 10.2 Å². The minimum absolute atomic E-state index is 0.106. The van der Waals surface area contributed by atoms with Crippen LogP contribution in [0.4, 0.5) is 0 Å². The van der Waals surface area contributed by atoms with Crippen LogP contribution in [-0.2, 0) is 5.54 Å². The summed E-state index contributed by atoms with van der Waals surface area (Å²) < 4.78 is 1.91. The smallest absolute Gasteiger partial charge is 0.187 e. The van der Waals surface area contributed by atoms with Crippen molar-refractivity contribution in [3.63, 3.8) is 0 Å². The first-order chi connectivity index (χ1) is 18.1. The fraction of sp³-hybridized carbons (Fsp3) is 0.133. The van der Waals surface area contributed by atoms with Gasteiger partial charge in [-0.05, 0) is 54.7 Å². The molecule has 6 aromatic rings. The topological polar surface area (TPSA) is 102 Å². The molecule has 4 aromatic heterocycles. The third-order valence-corrected chi connectivity index (χ3v) is 7.41. The molecule has 0 bridgehead atoms. The summed E-state index contributed by atoms with van der Waals surface area (Å²) in [7, 11) is 0. The van der Waals surface area contributed by atoms with E-state index in [4.69, 9.17) is 10.7 Å². The lowest BCUT2D eigenvalue weighted by Crippen LogP contribution is -2.43. The Kier molecular flexibility index (Phi) is 4.81. The quantitative estimate of drug-likeness (QED) is 0.332. The number of nitrogens with two attached hydrogens (primary N) is 1. The summed E-state index contributed by atoms with van der Waals surface area (Å²) >= 11 is 0. The van der Waals surface area contributed by atoms with Crippen LogP contribution < -0.4 is 5.73 Å². The molecule has 2 aromatic carbocycles. The molecule has 0 radical (unpaired) electrons. The van der Waals surface area contributed by atoms with Crippen molar-refractivity contribution >= 4 is 16.6 Å². The van der Waals surface area contributed by atoms with Crippen molar-refractivity contribution in [2.75, 3.05) is 0 Å². The predicted molar refractivity (Wildman–Crippen MR) is 144 cm³/mol. The predicted octanol–water partition coefficient (Wildman–Crippen LogP) is 5.72. The van der Waals surface area contributed by atoms with Gasteiger partial charge in [-0.25, -0.2) is 9.97 Å². The SMILES string of the molecule is NC1(c2ccc(-c3nc4ccn5c(-c6ccc(O)cn6)nnc5c4cc3-c3ccccc3)cc2)CCC1. The standard InChI is InChI=1S/C30H24N6O/c31-30(14-4-15-30)21-9-7-20(8-10-21)27-23(19-5-2-1-3-6-19)17-24-25(33-27)13-16-36-28(24)34-35-29(36)26-12-11-22(37)18-32-26/h1-3,5-13,16-18,37H,4,14-15,31H2. The summed E-state index contributed by atoms with van der Waals surface area (Å²) in [6.45, 7) is 0. The van der Waals surface area contributed by atoms with Gasteiger partial charge in [0.1, 0.15) is 11.4 Å². The number of benzene rings is 2. The largest absolute Gasteiger partial charge is 0.506 e. The Bertz CT molecular complexity index is 1750. The molecule has 180 valence electrons. The Balaban J connectivity index is 1.41. The molecule has 0 amide bonds. The molecule has 3 N–H and O–H groups in total. The zero-order valence-electron chi connectivity index (χ0n) is 20.0. The molecular formula is C30H24N6O. The molecule has 7 heteroatoms. The molecule has 0 spiro atoms. The highest BCUT2D eigenvalue weighted by Gasteiger charge is 2.34. The van der Waals surface area contributed by atoms with Crippen molar-refractivity contribution in [2.24, 2.45) is 5.73 Å². The Labute approximate surface area is 213 Å². The minimum Gasteiger partial charge on any atom is -0.506 e. The summed E-state index contributed by atoms with van der Waals surface area (Å²) in [5.41, 5.74) is 13.8. The molecule has 0 saturated heterocycles. The lowest BCUT2D eigenvalue weighted by molar-refractivity contribution is 0.253. The summed E-state index contributed by atoms with van der Waals surface area (Å²) in [6, 6.07) is 26.3. The van der Waals surface area contributed by atoms with Crippen molar-refractivity contribution in [3.8, 4) is 39.7 Å². The van der Waals surface area contributed by atoms with Crippen LogP contribution in [-0.4, -0.2) is 29.7 Å². The Morgan fingerprint density at radius 1 is 0.865 bits per heavy atom. The van der Waals surface area contributed by atoms with Crippen molar-refractivity contribution < 1.29 is 5.11 Å². The third-order valence-electron chi connectivity index (χ3n) is 7.41. The second-order valence-electron chi connectivity index (χ2n) is 9.70. The van der Waals surface area contributed by atoms with Gasteiger partial charge in [0.25, 0.3) is 0 Å². The molecule has 37 heavy (non-hydrogen) atoms. The lowest BCUT2D eigenvalue weighted by Gasteiger charge is -2.38. The van der Waals surface area contributed by atoms with Crippen molar-refractivity contribution in [3.05, 3.63) is 96.8 Å². The van der Waals surface area contributed by atoms with Crippen LogP contribution in [0.5, 0.6) is 5.75 Å². The number of nitrogens with zero attached hydrogens (tertiary/aromatic N) is 5. The minimum atomic E-state index is -0.194. The Morgan fingerprint density at radius 2 is 1.68 bits per heavy atom. The average molecular weight is 485 g/mol. The van der Waals surface area contributed by atoms with Crippen molar-refractivity contribution in [2.45, 2.75) is 24.8 Å². The number of hydrogen-bond donors (Lipinski definition) is 2. The fourth-order valence-electron chi connectivity index (χ4n) is 5.15. The number of pyridine rings is 3. The highest BCUT2D eigenvalue weighted by Crippen LogP contribution is 2.40. The van der Waals surface area contributed by atoms with E-state index in [1.54, 1.807) is 12.1 Å². The van der Waals surface area contributed by atoms with Crippen LogP contribution in [0.25, 0.3) is 50.5 Å². The second-order valence-corrected chi connectivity index (χ2v) is 9.70. The van der Waals surface area contributed by atoms with E-state index in [-0.39, 0.29) is 11.3 Å². The maximum absolute atomic E-state index is 9.62. The maximum atomic E-state index is 9.62. The van der Waals surface area contributed by atoms with Crippen LogP contribution in [0.3, 0.4) is 0 Å².